The van der Waals surface area contributed by atoms with Crippen molar-refractivity contribution in [1.29, 1.82) is 0 Å². The number of methoxy groups -OCH3 is 3. The number of nitrogens with zero attached hydrogens (tertiary/aromatic N) is 1. The molecule has 0 aliphatic heterocycles. The summed E-state index contributed by atoms with van der Waals surface area (Å²) in [5.41, 5.74) is 0.926. The maximum Gasteiger partial charge on any atom is 0.191 e. The van der Waals surface area contributed by atoms with Crippen molar-refractivity contribution in [3.8, 4) is 17.2 Å². The molecular weight excluding hydrogens is 433 g/mol. The smallest absolute Gasteiger partial charge is 0.191 e. The molecule has 0 unspecified atom stereocenters. The van der Waals surface area contributed by atoms with Gasteiger partial charge in [0.2, 0.25) is 0 Å². The van der Waals surface area contributed by atoms with Crippen LogP contribution in [0, 0.1) is 0 Å². The third-order valence-electron chi connectivity index (χ3n) is 3.80. The van der Waals surface area contributed by atoms with Gasteiger partial charge in [0.15, 0.2) is 5.96 Å². The van der Waals surface area contributed by atoms with Crippen molar-refractivity contribution < 1.29 is 14.2 Å². The molecule has 0 radical (unpaired) electrons. The number of nitrogens with one attached hydrogen (secondary N) is 2. The van der Waals surface area contributed by atoms with Crippen molar-refractivity contribution in [3.63, 3.8) is 0 Å². The molecule has 25 heavy (non-hydrogen) atoms. The molecule has 144 valence electrons. The molecule has 0 atom stereocenters. The highest BCUT2D eigenvalue weighted by molar-refractivity contribution is 14.0. The Bertz CT molecular complexity index is 499. The Hall–Kier alpha value is -1.38. The lowest BCUT2D eigenvalue weighted by Crippen LogP contribution is -2.37. The van der Waals surface area contributed by atoms with Crippen LogP contribution in [0.2, 0.25) is 0 Å². The van der Waals surface area contributed by atoms with Gasteiger partial charge in [-0.15, -0.1) is 24.0 Å². The molecule has 2 N–H and O–H groups in total. The molecule has 6 nitrogen and oxygen atoms in total. The van der Waals surface area contributed by atoms with E-state index in [0.29, 0.717) is 12.3 Å². The maximum atomic E-state index is 5.46. The third kappa shape index (κ3) is 8.02. The van der Waals surface area contributed by atoms with Crippen LogP contribution < -0.4 is 24.8 Å². The van der Waals surface area contributed by atoms with E-state index in [1.165, 1.54) is 19.3 Å². The van der Waals surface area contributed by atoms with Crippen LogP contribution >= 0.6 is 24.0 Å². The Morgan fingerprint density at radius 1 is 0.960 bits per heavy atom. The molecule has 0 heterocycles. The molecule has 0 aliphatic carbocycles. The first kappa shape index (κ1) is 23.6. The zero-order chi connectivity index (χ0) is 17.8. The Morgan fingerprint density at radius 3 is 2.08 bits per heavy atom. The van der Waals surface area contributed by atoms with E-state index in [1.54, 1.807) is 28.4 Å². The van der Waals surface area contributed by atoms with Gasteiger partial charge in [-0.25, -0.2) is 0 Å². The monoisotopic (exact) mass is 465 g/mol. The van der Waals surface area contributed by atoms with E-state index in [0.717, 1.165) is 36.0 Å². The number of hydrogen-bond donors (Lipinski definition) is 2. The number of unbranched alkanes of at least 4 members (excludes halogenated alkanes) is 3. The second-order valence-electron chi connectivity index (χ2n) is 5.42. The molecule has 0 fully saturated rings. The van der Waals surface area contributed by atoms with Crippen LogP contribution in [0.5, 0.6) is 17.2 Å². The molecular formula is C18H32IN3O3. The van der Waals surface area contributed by atoms with E-state index in [-0.39, 0.29) is 24.0 Å². The third-order valence-corrected chi connectivity index (χ3v) is 3.80. The van der Waals surface area contributed by atoms with Crippen LogP contribution in [-0.4, -0.2) is 40.9 Å². The lowest BCUT2D eigenvalue weighted by molar-refractivity contribution is 0.368. The van der Waals surface area contributed by atoms with Gasteiger partial charge in [0.1, 0.15) is 17.2 Å². The van der Waals surface area contributed by atoms with Crippen molar-refractivity contribution in [1.82, 2.24) is 10.6 Å². The zero-order valence-corrected chi connectivity index (χ0v) is 18.3. The Balaban J connectivity index is 0.00000576. The number of guanidine groups is 1. The van der Waals surface area contributed by atoms with Gasteiger partial charge in [0.05, 0.1) is 33.4 Å². The number of ether oxygens (including phenoxy) is 3. The minimum atomic E-state index is 0. The fourth-order valence-corrected chi connectivity index (χ4v) is 2.40. The van der Waals surface area contributed by atoms with Crippen molar-refractivity contribution in [2.24, 2.45) is 4.99 Å². The summed E-state index contributed by atoms with van der Waals surface area (Å²) in [6, 6.07) is 3.70. The summed E-state index contributed by atoms with van der Waals surface area (Å²) in [5.74, 6) is 2.91. The van der Waals surface area contributed by atoms with Crippen molar-refractivity contribution in [2.45, 2.75) is 39.2 Å². The first-order valence-electron chi connectivity index (χ1n) is 8.43. The normalized spacial score (nSPS) is 10.7. The molecule has 1 rings (SSSR count). The van der Waals surface area contributed by atoms with Gasteiger partial charge in [-0.1, -0.05) is 26.2 Å². The Morgan fingerprint density at radius 2 is 1.60 bits per heavy atom. The van der Waals surface area contributed by atoms with Gasteiger partial charge < -0.3 is 24.8 Å². The van der Waals surface area contributed by atoms with E-state index in [4.69, 9.17) is 14.2 Å². The minimum absolute atomic E-state index is 0. The minimum Gasteiger partial charge on any atom is -0.496 e. The van der Waals surface area contributed by atoms with E-state index < -0.39 is 0 Å². The predicted molar refractivity (Wildman–Crippen MR) is 114 cm³/mol. The molecule has 7 heteroatoms. The molecule has 1 aromatic carbocycles. The number of benzene rings is 1. The van der Waals surface area contributed by atoms with Gasteiger partial charge in [-0.2, -0.15) is 0 Å². The van der Waals surface area contributed by atoms with Gasteiger partial charge in [-0.3, -0.25) is 4.99 Å². The number of aliphatic imine (C=N–C) groups is 1. The number of hydrogen-bond acceptors (Lipinski definition) is 4. The van der Waals surface area contributed by atoms with Gasteiger partial charge in [0, 0.05) is 25.7 Å². The zero-order valence-electron chi connectivity index (χ0n) is 16.0. The molecule has 0 amide bonds. The summed E-state index contributed by atoms with van der Waals surface area (Å²) in [6.45, 7) is 3.67. The summed E-state index contributed by atoms with van der Waals surface area (Å²) in [7, 11) is 6.66. The van der Waals surface area contributed by atoms with E-state index in [2.05, 4.69) is 22.5 Å². The van der Waals surface area contributed by atoms with Crippen LogP contribution in [0.4, 0.5) is 0 Å². The van der Waals surface area contributed by atoms with Crippen LogP contribution in [-0.2, 0) is 6.54 Å². The lowest BCUT2D eigenvalue weighted by atomic mass is 10.1. The standard InChI is InChI=1S/C18H31N3O3.HI/c1-6-7-8-9-10-20-18(19-2)21-13-15-16(23-4)11-14(22-3)12-17(15)24-5;/h11-12H,6-10,13H2,1-5H3,(H2,19,20,21);1H. The average Bonchev–Trinajstić information content (AvgIpc) is 2.63. The topological polar surface area (TPSA) is 64.1 Å². The van der Waals surface area contributed by atoms with Crippen LogP contribution in [0.25, 0.3) is 0 Å². The quantitative estimate of drug-likeness (QED) is 0.240. The van der Waals surface area contributed by atoms with Crippen molar-refractivity contribution in [2.75, 3.05) is 34.9 Å². The molecule has 0 bridgehead atoms. The summed E-state index contributed by atoms with van der Waals surface area (Å²) >= 11 is 0. The summed E-state index contributed by atoms with van der Waals surface area (Å²) < 4.78 is 16.2. The van der Waals surface area contributed by atoms with Crippen LogP contribution in [0.15, 0.2) is 17.1 Å². The van der Waals surface area contributed by atoms with Crippen LogP contribution in [0.1, 0.15) is 38.2 Å². The molecule has 0 spiro atoms. The van der Waals surface area contributed by atoms with Crippen molar-refractivity contribution in [3.05, 3.63) is 17.7 Å². The highest BCUT2D eigenvalue weighted by atomic mass is 127. The fraction of sp³-hybridized carbons (Fsp3) is 0.611. The van der Waals surface area contributed by atoms with Gasteiger partial charge >= 0.3 is 0 Å². The Labute approximate surface area is 168 Å². The predicted octanol–water partition coefficient (Wildman–Crippen LogP) is 3.58. The van der Waals surface area contributed by atoms with Crippen molar-refractivity contribution >= 4 is 29.9 Å². The first-order chi connectivity index (χ1) is 11.7. The number of halogens is 1. The van der Waals surface area contributed by atoms with Gasteiger partial charge in [-0.05, 0) is 6.42 Å². The van der Waals surface area contributed by atoms with Gasteiger partial charge in [0.25, 0.3) is 0 Å². The highest BCUT2D eigenvalue weighted by Gasteiger charge is 2.13. The van der Waals surface area contributed by atoms with Crippen LogP contribution in [0.3, 0.4) is 0 Å². The molecule has 1 aromatic rings. The fourth-order valence-electron chi connectivity index (χ4n) is 2.40. The number of rotatable bonds is 10. The Kier molecular flexibility index (Phi) is 13.1. The summed E-state index contributed by atoms with van der Waals surface area (Å²) in [6.07, 6.45) is 4.89. The molecule has 0 aromatic heterocycles. The summed E-state index contributed by atoms with van der Waals surface area (Å²) in [5, 5.41) is 6.63. The maximum absolute atomic E-state index is 5.46. The van der Waals surface area contributed by atoms with E-state index >= 15 is 0 Å². The second kappa shape index (κ2) is 13.9. The molecule has 0 saturated carbocycles. The summed E-state index contributed by atoms with van der Waals surface area (Å²) in [4.78, 5) is 4.25. The SMILES string of the molecule is CCCCCCNC(=NC)NCc1c(OC)cc(OC)cc1OC.I. The molecule has 0 aliphatic rings. The highest BCUT2D eigenvalue weighted by Crippen LogP contribution is 2.33. The molecule has 0 saturated heterocycles. The first-order valence-corrected chi connectivity index (χ1v) is 8.43. The average molecular weight is 465 g/mol. The van der Waals surface area contributed by atoms with E-state index in [9.17, 15) is 0 Å². The largest absolute Gasteiger partial charge is 0.496 e. The lowest BCUT2D eigenvalue weighted by Gasteiger charge is -2.17. The van der Waals surface area contributed by atoms with E-state index in [1.807, 2.05) is 12.1 Å². The second-order valence-corrected chi connectivity index (χ2v) is 5.42.